The highest BCUT2D eigenvalue weighted by Gasteiger charge is 2.25. The fraction of sp³-hybridized carbons (Fsp3) is 0.240. The van der Waals surface area contributed by atoms with Crippen molar-refractivity contribution in [1.29, 1.82) is 0 Å². The number of benzene rings is 1. The third kappa shape index (κ3) is 3.44. The number of hydrogen-bond donors (Lipinski definition) is 1. The number of imidazole rings is 1. The Morgan fingerprint density at radius 1 is 1.09 bits per heavy atom. The molecule has 8 nitrogen and oxygen atoms in total. The van der Waals surface area contributed by atoms with E-state index in [1.165, 1.54) is 12.8 Å². The summed E-state index contributed by atoms with van der Waals surface area (Å²) < 4.78 is 3.95. The smallest absolute Gasteiger partial charge is 0.198 e. The fourth-order valence-corrected chi connectivity index (χ4v) is 4.14. The maximum atomic E-state index is 13.5. The number of hydrogen-bond acceptors (Lipinski definition) is 5. The predicted molar refractivity (Wildman–Crippen MR) is 126 cm³/mol. The molecule has 4 aromatic heterocycles. The summed E-state index contributed by atoms with van der Waals surface area (Å²) >= 11 is 0. The third-order valence-corrected chi connectivity index (χ3v) is 6.14. The van der Waals surface area contributed by atoms with E-state index in [9.17, 15) is 4.79 Å². The Labute approximate surface area is 190 Å². The minimum Gasteiger partial charge on any atom is -0.360 e. The van der Waals surface area contributed by atoms with E-state index in [2.05, 4.69) is 40.2 Å². The molecule has 0 aliphatic heterocycles. The van der Waals surface area contributed by atoms with Gasteiger partial charge in [-0.25, -0.2) is 9.97 Å². The molecule has 0 amide bonds. The van der Waals surface area contributed by atoms with E-state index in [1.54, 1.807) is 12.5 Å². The molecule has 1 aliphatic carbocycles. The summed E-state index contributed by atoms with van der Waals surface area (Å²) in [6, 6.07) is 11.7. The van der Waals surface area contributed by atoms with Gasteiger partial charge < -0.3 is 14.1 Å². The summed E-state index contributed by atoms with van der Waals surface area (Å²) in [5.74, 6) is 1.26. The zero-order valence-corrected chi connectivity index (χ0v) is 18.4. The van der Waals surface area contributed by atoms with Gasteiger partial charge in [-0.3, -0.25) is 4.79 Å². The van der Waals surface area contributed by atoms with E-state index < -0.39 is 0 Å². The average Bonchev–Trinajstić information content (AvgIpc) is 3.34. The molecule has 33 heavy (non-hydrogen) atoms. The summed E-state index contributed by atoms with van der Waals surface area (Å²) in [6.07, 6.45) is 9.72. The maximum absolute atomic E-state index is 13.5. The first-order valence-corrected chi connectivity index (χ1v) is 11.2. The summed E-state index contributed by atoms with van der Waals surface area (Å²) in [6.45, 7) is 4.13. The van der Waals surface area contributed by atoms with Crippen molar-refractivity contribution in [3.8, 4) is 28.5 Å². The zero-order valence-electron chi connectivity index (χ0n) is 18.4. The topological polar surface area (TPSA) is 94.3 Å². The van der Waals surface area contributed by atoms with Crippen LogP contribution < -0.4 is 5.43 Å². The van der Waals surface area contributed by atoms with Gasteiger partial charge in [-0.05, 0) is 57.0 Å². The molecular weight excluding hydrogens is 414 g/mol. The van der Waals surface area contributed by atoms with Crippen LogP contribution in [-0.4, -0.2) is 34.3 Å². The molecule has 4 heterocycles. The second-order valence-electron chi connectivity index (χ2n) is 8.81. The van der Waals surface area contributed by atoms with Gasteiger partial charge in [0.1, 0.15) is 12.0 Å². The standard InChI is InChI=1S/C25H23N7O/c1-15(2)32-14-28-30-25(32)22-5-3-4-21(29-22)19-11-26-20-9-8-17(10-18(20)24(19)33)31-12-23(27-13-31)16-6-7-16/h3-5,8-16H,6-7H2,1-2H3,(H,26,33). The van der Waals surface area contributed by atoms with Gasteiger partial charge >= 0.3 is 0 Å². The zero-order chi connectivity index (χ0) is 22.5. The van der Waals surface area contributed by atoms with E-state index in [4.69, 9.17) is 4.98 Å². The number of pyridine rings is 2. The molecule has 0 bridgehead atoms. The van der Waals surface area contributed by atoms with Crippen LogP contribution in [-0.2, 0) is 0 Å². The Kier molecular flexibility index (Phi) is 4.46. The van der Waals surface area contributed by atoms with Gasteiger partial charge in [0.2, 0.25) is 0 Å². The largest absolute Gasteiger partial charge is 0.360 e. The van der Waals surface area contributed by atoms with Gasteiger partial charge in [0.15, 0.2) is 11.3 Å². The van der Waals surface area contributed by atoms with E-state index in [-0.39, 0.29) is 11.5 Å². The second kappa shape index (κ2) is 7.51. The normalized spacial score (nSPS) is 13.8. The lowest BCUT2D eigenvalue weighted by Crippen LogP contribution is -2.09. The summed E-state index contributed by atoms with van der Waals surface area (Å²) in [7, 11) is 0. The first-order chi connectivity index (χ1) is 16.1. The van der Waals surface area contributed by atoms with Crippen molar-refractivity contribution in [3.63, 3.8) is 0 Å². The molecule has 1 aliphatic rings. The van der Waals surface area contributed by atoms with E-state index in [1.807, 2.05) is 51.9 Å². The molecule has 1 saturated carbocycles. The lowest BCUT2D eigenvalue weighted by Gasteiger charge is -2.10. The van der Waals surface area contributed by atoms with Gasteiger partial charge in [-0.2, -0.15) is 0 Å². The predicted octanol–water partition coefficient (Wildman–Crippen LogP) is 4.49. The minimum atomic E-state index is -0.0666. The Balaban J connectivity index is 1.43. The van der Waals surface area contributed by atoms with Crippen LogP contribution in [0.15, 0.2) is 66.2 Å². The Hall–Kier alpha value is -4.07. The SMILES string of the molecule is CC(C)n1cnnc1-c1cccc(-c2c[nH]c3ccc(-n4cnc(C5CC5)c4)cc3c2=O)n1. The molecule has 164 valence electrons. The second-order valence-corrected chi connectivity index (χ2v) is 8.81. The molecule has 0 saturated heterocycles. The maximum Gasteiger partial charge on any atom is 0.198 e. The molecule has 0 spiro atoms. The van der Waals surface area contributed by atoms with Crippen molar-refractivity contribution >= 4 is 10.9 Å². The Morgan fingerprint density at radius 2 is 1.94 bits per heavy atom. The van der Waals surface area contributed by atoms with Crippen LogP contribution in [0.1, 0.15) is 44.3 Å². The van der Waals surface area contributed by atoms with Crippen LogP contribution in [0.25, 0.3) is 39.4 Å². The molecule has 0 atom stereocenters. The highest BCUT2D eigenvalue weighted by atomic mass is 16.1. The number of nitrogens with zero attached hydrogens (tertiary/aromatic N) is 6. The van der Waals surface area contributed by atoms with Gasteiger partial charge in [0, 0.05) is 40.9 Å². The first-order valence-electron chi connectivity index (χ1n) is 11.2. The number of aromatic nitrogens is 7. The minimum absolute atomic E-state index is 0.0666. The number of aromatic amines is 1. The molecule has 1 fully saturated rings. The lowest BCUT2D eigenvalue weighted by molar-refractivity contribution is 0.603. The van der Waals surface area contributed by atoms with Crippen molar-refractivity contribution in [2.75, 3.05) is 0 Å². The van der Waals surface area contributed by atoms with Crippen LogP contribution in [0.4, 0.5) is 0 Å². The molecule has 0 radical (unpaired) electrons. The molecule has 5 aromatic rings. The Morgan fingerprint density at radius 3 is 2.76 bits per heavy atom. The highest BCUT2D eigenvalue weighted by molar-refractivity contribution is 5.84. The van der Waals surface area contributed by atoms with Gasteiger partial charge in [0.25, 0.3) is 0 Å². The quantitative estimate of drug-likeness (QED) is 0.437. The van der Waals surface area contributed by atoms with E-state index in [0.717, 1.165) is 16.9 Å². The van der Waals surface area contributed by atoms with Crippen LogP contribution >= 0.6 is 0 Å². The third-order valence-electron chi connectivity index (χ3n) is 6.14. The Bertz CT molecular complexity index is 1540. The first kappa shape index (κ1) is 19.6. The van der Waals surface area contributed by atoms with Crippen molar-refractivity contribution in [1.82, 2.24) is 34.3 Å². The number of nitrogens with one attached hydrogen (secondary N) is 1. The molecule has 0 unspecified atom stereocenters. The van der Waals surface area contributed by atoms with Gasteiger partial charge in [-0.1, -0.05) is 6.07 Å². The number of rotatable bonds is 5. The van der Waals surface area contributed by atoms with Crippen LogP contribution in [0.5, 0.6) is 0 Å². The summed E-state index contributed by atoms with van der Waals surface area (Å²) in [5.41, 5.74) is 4.54. The molecular formula is C25H23N7O. The monoisotopic (exact) mass is 437 g/mol. The highest BCUT2D eigenvalue weighted by Crippen LogP contribution is 2.39. The average molecular weight is 438 g/mol. The summed E-state index contributed by atoms with van der Waals surface area (Å²) in [5, 5.41) is 8.88. The van der Waals surface area contributed by atoms with E-state index >= 15 is 0 Å². The molecule has 6 rings (SSSR count). The van der Waals surface area contributed by atoms with Crippen molar-refractivity contribution in [2.24, 2.45) is 0 Å². The number of H-pyrrole nitrogens is 1. The van der Waals surface area contributed by atoms with Crippen molar-refractivity contribution < 1.29 is 0 Å². The van der Waals surface area contributed by atoms with Crippen LogP contribution in [0.2, 0.25) is 0 Å². The van der Waals surface area contributed by atoms with Crippen LogP contribution in [0.3, 0.4) is 0 Å². The molecule has 1 aromatic carbocycles. The van der Waals surface area contributed by atoms with Gasteiger partial charge in [0.05, 0.1) is 23.3 Å². The fourth-order valence-electron chi connectivity index (χ4n) is 4.14. The molecule has 1 N–H and O–H groups in total. The van der Waals surface area contributed by atoms with Crippen molar-refractivity contribution in [2.45, 2.75) is 38.6 Å². The lowest BCUT2D eigenvalue weighted by atomic mass is 10.1. The van der Waals surface area contributed by atoms with Crippen LogP contribution in [0, 0.1) is 0 Å². The summed E-state index contributed by atoms with van der Waals surface area (Å²) in [4.78, 5) is 26.0. The van der Waals surface area contributed by atoms with Gasteiger partial charge in [-0.15, -0.1) is 10.2 Å². The molecule has 8 heteroatoms. The number of fused-ring (bicyclic) bond motifs is 1. The van der Waals surface area contributed by atoms with E-state index in [0.29, 0.717) is 34.1 Å². The van der Waals surface area contributed by atoms with Crippen molar-refractivity contribution in [3.05, 3.63) is 77.4 Å².